The molecule has 0 unspecified atom stereocenters. The maximum atomic E-state index is 13.1. The second-order valence-electron chi connectivity index (χ2n) is 7.23. The lowest BCUT2D eigenvalue weighted by Crippen LogP contribution is -2.69. The number of carbonyl (C=O) groups is 2. The summed E-state index contributed by atoms with van der Waals surface area (Å²) in [5.41, 5.74) is 0. The molecular weight excluding hydrogens is 404 g/mol. The predicted molar refractivity (Wildman–Crippen MR) is 118 cm³/mol. The van der Waals surface area contributed by atoms with E-state index in [1.54, 1.807) is 27.7 Å². The Morgan fingerprint density at radius 1 is 0.613 bits per heavy atom. The molecule has 0 aromatic heterocycles. The second-order valence-corrected chi connectivity index (χ2v) is 7.23. The fourth-order valence-corrected chi connectivity index (χ4v) is 3.47. The van der Waals surface area contributed by atoms with Gasteiger partial charge in [0.2, 0.25) is 0 Å². The van der Waals surface area contributed by atoms with E-state index < -0.39 is 23.5 Å². The molecule has 0 saturated heterocycles. The van der Waals surface area contributed by atoms with Crippen LogP contribution in [0.1, 0.15) is 92.4 Å². The van der Waals surface area contributed by atoms with E-state index in [2.05, 4.69) is 6.92 Å². The van der Waals surface area contributed by atoms with Gasteiger partial charge in [-0.05, 0) is 34.1 Å². The number of ether oxygens (including phenoxy) is 5. The van der Waals surface area contributed by atoms with Crippen molar-refractivity contribution in [1.82, 2.24) is 0 Å². The van der Waals surface area contributed by atoms with Crippen LogP contribution in [0.3, 0.4) is 0 Å². The highest BCUT2D eigenvalue weighted by atomic mass is 16.8. The number of hydrogen-bond donors (Lipinski definition) is 1. The van der Waals surface area contributed by atoms with Crippen LogP contribution in [0, 0.1) is 0 Å². The second kappa shape index (κ2) is 17.3. The highest BCUT2D eigenvalue weighted by molar-refractivity contribution is 5.89. The smallest absolute Gasteiger partial charge is 0.373 e. The van der Waals surface area contributed by atoms with Crippen molar-refractivity contribution in [2.24, 2.45) is 0 Å². The van der Waals surface area contributed by atoms with E-state index in [0.717, 1.165) is 19.3 Å². The number of unbranched alkanes of at least 4 members (excludes halogenated alkanes) is 8. The van der Waals surface area contributed by atoms with Gasteiger partial charge in [-0.15, -0.1) is 0 Å². The van der Waals surface area contributed by atoms with E-state index >= 15 is 0 Å². The van der Waals surface area contributed by atoms with Gasteiger partial charge in [-0.3, -0.25) is 0 Å². The number of rotatable bonds is 21. The van der Waals surface area contributed by atoms with E-state index in [-0.39, 0.29) is 33.0 Å². The van der Waals surface area contributed by atoms with E-state index in [1.807, 2.05) is 0 Å². The Labute approximate surface area is 187 Å². The Balaban J connectivity index is 5.07. The van der Waals surface area contributed by atoms with E-state index in [1.165, 1.54) is 32.1 Å². The molecule has 0 atom stereocenters. The highest BCUT2D eigenvalue weighted by Gasteiger charge is 2.68. The highest BCUT2D eigenvalue weighted by Crippen LogP contribution is 2.35. The molecule has 1 N–H and O–H groups in total. The largest absolute Gasteiger partial charge is 0.477 e. The van der Waals surface area contributed by atoms with E-state index in [4.69, 9.17) is 23.7 Å². The van der Waals surface area contributed by atoms with Crippen LogP contribution in [0.25, 0.3) is 0 Å². The molecule has 8 nitrogen and oxygen atoms in total. The summed E-state index contributed by atoms with van der Waals surface area (Å²) in [7, 11) is 0. The normalized spacial score (nSPS) is 12.2. The van der Waals surface area contributed by atoms with Crippen molar-refractivity contribution in [1.29, 1.82) is 0 Å². The molecule has 0 aliphatic heterocycles. The van der Waals surface area contributed by atoms with Gasteiger partial charge >= 0.3 is 23.5 Å². The first-order valence-electron chi connectivity index (χ1n) is 11.9. The predicted octanol–water partition coefficient (Wildman–Crippen LogP) is 4.68. The number of carbonyl (C=O) groups excluding carboxylic acids is 1. The Morgan fingerprint density at radius 3 is 1.39 bits per heavy atom. The summed E-state index contributed by atoms with van der Waals surface area (Å²) in [6.07, 6.45) is 10.2. The summed E-state index contributed by atoms with van der Waals surface area (Å²) >= 11 is 0. The first-order chi connectivity index (χ1) is 14.9. The van der Waals surface area contributed by atoms with Crippen LogP contribution >= 0.6 is 0 Å². The zero-order valence-electron chi connectivity index (χ0n) is 20.2. The van der Waals surface area contributed by atoms with Crippen LogP contribution < -0.4 is 0 Å². The van der Waals surface area contributed by atoms with Gasteiger partial charge in [-0.1, -0.05) is 58.3 Å². The average molecular weight is 449 g/mol. The summed E-state index contributed by atoms with van der Waals surface area (Å²) in [4.78, 5) is 25.3. The number of carboxylic acids is 1. The standard InChI is InChI=1S/C23H44O8/c1-6-11-12-13-14-15-16-17-18-19-27-21(26)23(30-9-4,31-10-5)22(20(24)25,28-7-2)29-8-3/h6-19H2,1-5H3,(H,24,25). The van der Waals surface area contributed by atoms with Gasteiger partial charge < -0.3 is 28.8 Å². The van der Waals surface area contributed by atoms with Gasteiger partial charge in [0.15, 0.2) is 0 Å². The molecule has 0 radical (unpaired) electrons. The zero-order valence-corrected chi connectivity index (χ0v) is 20.2. The molecule has 0 heterocycles. The summed E-state index contributed by atoms with van der Waals surface area (Å²) < 4.78 is 27.5. The minimum absolute atomic E-state index is 0.00229. The van der Waals surface area contributed by atoms with Crippen LogP contribution in [0.5, 0.6) is 0 Å². The van der Waals surface area contributed by atoms with Gasteiger partial charge in [0.1, 0.15) is 0 Å². The van der Waals surface area contributed by atoms with Gasteiger partial charge in [0.25, 0.3) is 0 Å². The molecule has 0 fully saturated rings. The minimum Gasteiger partial charge on any atom is -0.477 e. The number of esters is 1. The van der Waals surface area contributed by atoms with E-state index in [9.17, 15) is 14.7 Å². The van der Waals surface area contributed by atoms with Crippen molar-refractivity contribution in [3.8, 4) is 0 Å². The van der Waals surface area contributed by atoms with Crippen molar-refractivity contribution in [2.45, 2.75) is 104 Å². The maximum absolute atomic E-state index is 13.1. The monoisotopic (exact) mass is 448 g/mol. The van der Waals surface area contributed by atoms with Crippen molar-refractivity contribution in [3.05, 3.63) is 0 Å². The summed E-state index contributed by atoms with van der Waals surface area (Å²) in [6.45, 7) is 8.77. The molecule has 0 amide bonds. The lowest BCUT2D eigenvalue weighted by molar-refractivity contribution is -0.382. The van der Waals surface area contributed by atoms with Gasteiger partial charge in [0, 0.05) is 26.4 Å². The first kappa shape index (κ1) is 29.8. The molecule has 31 heavy (non-hydrogen) atoms. The number of carboxylic acid groups (broad SMARTS) is 1. The average Bonchev–Trinajstić information content (AvgIpc) is 2.74. The topological polar surface area (TPSA) is 101 Å². The Morgan fingerprint density at radius 2 is 1.00 bits per heavy atom. The van der Waals surface area contributed by atoms with Gasteiger partial charge in [-0.25, -0.2) is 9.59 Å². The van der Waals surface area contributed by atoms with Crippen molar-refractivity contribution in [3.63, 3.8) is 0 Å². The van der Waals surface area contributed by atoms with E-state index in [0.29, 0.717) is 6.42 Å². The molecule has 8 heteroatoms. The molecule has 0 aliphatic carbocycles. The fraction of sp³-hybridized carbons (Fsp3) is 0.913. The molecule has 0 aromatic carbocycles. The molecule has 0 aromatic rings. The van der Waals surface area contributed by atoms with Crippen molar-refractivity contribution >= 4 is 11.9 Å². The summed E-state index contributed by atoms with van der Waals surface area (Å²) in [6, 6.07) is 0. The number of aliphatic carboxylic acids is 1. The third-order valence-electron chi connectivity index (χ3n) is 4.86. The molecule has 0 saturated carbocycles. The lowest BCUT2D eigenvalue weighted by Gasteiger charge is -2.42. The van der Waals surface area contributed by atoms with Crippen molar-refractivity contribution in [2.75, 3.05) is 33.0 Å². The van der Waals surface area contributed by atoms with Gasteiger partial charge in [-0.2, -0.15) is 0 Å². The number of hydrogen-bond acceptors (Lipinski definition) is 7. The van der Waals surface area contributed by atoms with Crippen LogP contribution in [0.15, 0.2) is 0 Å². The quantitative estimate of drug-likeness (QED) is 0.153. The molecule has 0 rings (SSSR count). The lowest BCUT2D eigenvalue weighted by atomic mass is 10.0. The zero-order chi connectivity index (χ0) is 23.6. The molecule has 0 aliphatic rings. The fourth-order valence-electron chi connectivity index (χ4n) is 3.47. The first-order valence-corrected chi connectivity index (χ1v) is 11.9. The summed E-state index contributed by atoms with van der Waals surface area (Å²) in [5.74, 6) is -7.32. The van der Waals surface area contributed by atoms with Crippen LogP contribution in [-0.4, -0.2) is 61.7 Å². The molecule has 0 bridgehead atoms. The molecule has 184 valence electrons. The van der Waals surface area contributed by atoms with Crippen molar-refractivity contribution < 1.29 is 38.4 Å². The SMILES string of the molecule is CCCCCCCCCCCOC(=O)C(OCC)(OCC)C(OCC)(OCC)C(=O)O. The summed E-state index contributed by atoms with van der Waals surface area (Å²) in [5, 5.41) is 9.95. The van der Waals surface area contributed by atoms with Gasteiger partial charge in [0.05, 0.1) is 6.61 Å². The Kier molecular flexibility index (Phi) is 16.7. The molecule has 0 spiro atoms. The third-order valence-corrected chi connectivity index (χ3v) is 4.86. The van der Waals surface area contributed by atoms with Crippen LogP contribution in [0.4, 0.5) is 0 Å². The van der Waals surface area contributed by atoms with Crippen LogP contribution in [0.2, 0.25) is 0 Å². The van der Waals surface area contributed by atoms with Crippen LogP contribution in [-0.2, 0) is 33.3 Å². The molecular formula is C23H44O8. The Hall–Kier alpha value is -1.22. The minimum atomic E-state index is -2.47. The third kappa shape index (κ3) is 9.04. The maximum Gasteiger partial charge on any atom is 0.373 e. The Bertz CT molecular complexity index is 468.